The topological polar surface area (TPSA) is 79.0 Å². The van der Waals surface area contributed by atoms with Crippen molar-refractivity contribution in [3.8, 4) is 0 Å². The summed E-state index contributed by atoms with van der Waals surface area (Å²) < 4.78 is 31.9. The van der Waals surface area contributed by atoms with Gasteiger partial charge in [0.1, 0.15) is 0 Å². The summed E-state index contributed by atoms with van der Waals surface area (Å²) in [6.45, 7) is 7.76. The molecule has 28 heavy (non-hydrogen) atoms. The summed E-state index contributed by atoms with van der Waals surface area (Å²) >= 11 is 0. The monoisotopic (exact) mass is 409 g/mol. The maximum Gasteiger partial charge on any atom is 0.251 e. The second-order valence-corrected chi connectivity index (χ2v) is 9.64. The van der Waals surface area contributed by atoms with Crippen molar-refractivity contribution in [3.05, 3.63) is 29.8 Å². The van der Waals surface area contributed by atoms with Crippen LogP contribution in [0, 0.1) is 5.92 Å². The molecule has 156 valence electrons. The molecule has 1 unspecified atom stereocenters. The predicted molar refractivity (Wildman–Crippen MR) is 108 cm³/mol. The molecule has 1 N–H and O–H groups in total. The van der Waals surface area contributed by atoms with Crippen LogP contribution in [0.5, 0.6) is 0 Å². The van der Waals surface area contributed by atoms with Gasteiger partial charge in [-0.3, -0.25) is 4.79 Å². The van der Waals surface area contributed by atoms with E-state index in [0.29, 0.717) is 38.4 Å². The molecule has 0 radical (unpaired) electrons. The largest absolute Gasteiger partial charge is 0.379 e. The third kappa shape index (κ3) is 5.53. The van der Waals surface area contributed by atoms with Gasteiger partial charge in [-0.25, -0.2) is 8.42 Å². The minimum atomic E-state index is -3.53. The molecule has 1 aromatic rings. The van der Waals surface area contributed by atoms with Gasteiger partial charge in [0.15, 0.2) is 0 Å². The third-order valence-electron chi connectivity index (χ3n) is 5.40. The standard InChI is InChI=1S/C20H31N3O4S/c1-17-4-2-10-22(16-17)11-3-9-21-20(24)18-5-7-19(8-6-18)28(25,26)23-12-14-27-15-13-23/h5-8,17H,2-4,9-16H2,1H3,(H,21,24). The molecule has 2 saturated heterocycles. The van der Waals surface area contributed by atoms with Gasteiger partial charge in [-0.05, 0) is 62.5 Å². The average molecular weight is 410 g/mol. The van der Waals surface area contributed by atoms with E-state index in [0.717, 1.165) is 32.0 Å². The van der Waals surface area contributed by atoms with Gasteiger partial charge in [0.05, 0.1) is 18.1 Å². The Kier molecular flexibility index (Phi) is 7.45. The maximum atomic E-state index is 12.6. The number of morpholine rings is 1. The molecule has 2 fully saturated rings. The number of piperidine rings is 1. The van der Waals surface area contributed by atoms with Gasteiger partial charge >= 0.3 is 0 Å². The van der Waals surface area contributed by atoms with E-state index < -0.39 is 10.0 Å². The van der Waals surface area contributed by atoms with Gasteiger partial charge in [0.2, 0.25) is 10.0 Å². The average Bonchev–Trinajstić information content (AvgIpc) is 2.72. The fraction of sp³-hybridized carbons (Fsp3) is 0.650. The molecule has 0 spiro atoms. The number of ether oxygens (including phenoxy) is 1. The highest BCUT2D eigenvalue weighted by atomic mass is 32.2. The number of carbonyl (C=O) groups excluding carboxylic acids is 1. The number of sulfonamides is 1. The molecule has 2 aliphatic heterocycles. The lowest BCUT2D eigenvalue weighted by molar-refractivity contribution is 0.0730. The van der Waals surface area contributed by atoms with Crippen molar-refractivity contribution in [2.24, 2.45) is 5.92 Å². The van der Waals surface area contributed by atoms with Gasteiger partial charge in [0, 0.05) is 31.7 Å². The number of likely N-dealkylation sites (tertiary alicyclic amines) is 1. The zero-order chi connectivity index (χ0) is 20.0. The van der Waals surface area contributed by atoms with Gasteiger partial charge in [0.25, 0.3) is 5.91 Å². The minimum Gasteiger partial charge on any atom is -0.379 e. The van der Waals surface area contributed by atoms with E-state index in [1.807, 2.05) is 0 Å². The normalized spacial score (nSPS) is 22.1. The van der Waals surface area contributed by atoms with Crippen LogP contribution in [0.2, 0.25) is 0 Å². The zero-order valence-electron chi connectivity index (χ0n) is 16.6. The molecule has 8 heteroatoms. The molecule has 0 bridgehead atoms. The van der Waals surface area contributed by atoms with Crippen LogP contribution in [0.15, 0.2) is 29.2 Å². The van der Waals surface area contributed by atoms with Crippen molar-refractivity contribution in [2.45, 2.75) is 31.1 Å². The Bertz CT molecular complexity index is 745. The lowest BCUT2D eigenvalue weighted by atomic mass is 10.0. The molecular weight excluding hydrogens is 378 g/mol. The second-order valence-electron chi connectivity index (χ2n) is 7.70. The number of nitrogens with one attached hydrogen (secondary N) is 1. The van der Waals surface area contributed by atoms with Gasteiger partial charge in [-0.2, -0.15) is 4.31 Å². The van der Waals surface area contributed by atoms with Gasteiger partial charge < -0.3 is 15.0 Å². The Labute approximate surface area is 168 Å². The van der Waals surface area contributed by atoms with Crippen molar-refractivity contribution >= 4 is 15.9 Å². The molecule has 0 saturated carbocycles. The number of hydrogen-bond acceptors (Lipinski definition) is 5. The molecule has 1 aromatic carbocycles. The van der Waals surface area contributed by atoms with E-state index >= 15 is 0 Å². The smallest absolute Gasteiger partial charge is 0.251 e. The van der Waals surface area contributed by atoms with Crippen LogP contribution >= 0.6 is 0 Å². The highest BCUT2D eigenvalue weighted by molar-refractivity contribution is 7.89. The zero-order valence-corrected chi connectivity index (χ0v) is 17.4. The Morgan fingerprint density at radius 1 is 1.18 bits per heavy atom. The number of rotatable bonds is 7. The summed E-state index contributed by atoms with van der Waals surface area (Å²) in [6, 6.07) is 6.17. The summed E-state index contributed by atoms with van der Waals surface area (Å²) in [6.07, 6.45) is 3.49. The Hall–Kier alpha value is -1.48. The molecular formula is C20H31N3O4S. The van der Waals surface area contributed by atoms with Crippen molar-refractivity contribution < 1.29 is 17.9 Å². The van der Waals surface area contributed by atoms with E-state index in [2.05, 4.69) is 17.1 Å². The summed E-state index contributed by atoms with van der Waals surface area (Å²) in [5.74, 6) is 0.595. The SMILES string of the molecule is CC1CCCN(CCCNC(=O)c2ccc(S(=O)(=O)N3CCOCC3)cc2)C1. The quantitative estimate of drug-likeness (QED) is 0.692. The molecule has 2 heterocycles. The van der Waals surface area contributed by atoms with Gasteiger partial charge in [-0.15, -0.1) is 0 Å². The third-order valence-corrected chi connectivity index (χ3v) is 7.32. The molecule has 0 aliphatic carbocycles. The van der Waals surface area contributed by atoms with Crippen LogP contribution in [0.4, 0.5) is 0 Å². The molecule has 7 nitrogen and oxygen atoms in total. The first kappa shape index (κ1) is 21.2. The summed E-state index contributed by atoms with van der Waals surface area (Å²) in [5.41, 5.74) is 0.479. The van der Waals surface area contributed by atoms with Crippen LogP contribution in [0.25, 0.3) is 0 Å². The van der Waals surface area contributed by atoms with E-state index in [-0.39, 0.29) is 10.8 Å². The van der Waals surface area contributed by atoms with E-state index in [4.69, 9.17) is 4.74 Å². The number of nitrogens with zero attached hydrogens (tertiary/aromatic N) is 2. The molecule has 2 aliphatic rings. The fourth-order valence-electron chi connectivity index (χ4n) is 3.81. The predicted octanol–water partition coefficient (Wildman–Crippen LogP) is 1.56. The highest BCUT2D eigenvalue weighted by Gasteiger charge is 2.26. The highest BCUT2D eigenvalue weighted by Crippen LogP contribution is 2.18. The first-order valence-electron chi connectivity index (χ1n) is 10.2. The Balaban J connectivity index is 1.47. The molecule has 1 atom stereocenters. The summed E-state index contributed by atoms with van der Waals surface area (Å²) in [5, 5.41) is 2.93. The van der Waals surface area contributed by atoms with Crippen LogP contribution < -0.4 is 5.32 Å². The summed E-state index contributed by atoms with van der Waals surface area (Å²) in [7, 11) is -3.53. The van der Waals surface area contributed by atoms with Crippen LogP contribution in [-0.2, 0) is 14.8 Å². The van der Waals surface area contributed by atoms with Crippen molar-refractivity contribution in [2.75, 3.05) is 52.5 Å². The number of amides is 1. The van der Waals surface area contributed by atoms with Crippen LogP contribution in [0.3, 0.4) is 0 Å². The lowest BCUT2D eigenvalue weighted by Crippen LogP contribution is -2.40. The van der Waals surface area contributed by atoms with E-state index in [1.54, 1.807) is 12.1 Å². The first-order valence-corrected chi connectivity index (χ1v) is 11.6. The number of benzene rings is 1. The first-order chi connectivity index (χ1) is 13.5. The van der Waals surface area contributed by atoms with Crippen molar-refractivity contribution in [1.29, 1.82) is 0 Å². The molecule has 3 rings (SSSR count). The minimum absolute atomic E-state index is 0.165. The molecule has 0 aromatic heterocycles. The summed E-state index contributed by atoms with van der Waals surface area (Å²) in [4.78, 5) is 15.0. The maximum absolute atomic E-state index is 12.6. The number of carbonyl (C=O) groups is 1. The Morgan fingerprint density at radius 2 is 1.89 bits per heavy atom. The van der Waals surface area contributed by atoms with E-state index in [1.165, 1.54) is 29.3 Å². The van der Waals surface area contributed by atoms with Gasteiger partial charge in [-0.1, -0.05) is 6.92 Å². The fourth-order valence-corrected chi connectivity index (χ4v) is 5.22. The second kappa shape index (κ2) is 9.82. The van der Waals surface area contributed by atoms with E-state index in [9.17, 15) is 13.2 Å². The number of hydrogen-bond donors (Lipinski definition) is 1. The van der Waals surface area contributed by atoms with Crippen LogP contribution in [-0.4, -0.2) is 76.0 Å². The molecule has 1 amide bonds. The lowest BCUT2D eigenvalue weighted by Gasteiger charge is -2.30. The van der Waals surface area contributed by atoms with Crippen LogP contribution in [0.1, 0.15) is 36.5 Å². The van der Waals surface area contributed by atoms with Crippen molar-refractivity contribution in [1.82, 2.24) is 14.5 Å². The Morgan fingerprint density at radius 3 is 2.57 bits per heavy atom. The van der Waals surface area contributed by atoms with Crippen molar-refractivity contribution in [3.63, 3.8) is 0 Å².